The summed E-state index contributed by atoms with van der Waals surface area (Å²) in [5, 5.41) is 0. The van der Waals surface area contributed by atoms with Gasteiger partial charge in [0.15, 0.2) is 0 Å². The first kappa shape index (κ1) is 26.6. The van der Waals surface area contributed by atoms with Gasteiger partial charge in [0.1, 0.15) is 6.04 Å². The van der Waals surface area contributed by atoms with E-state index in [4.69, 9.17) is 0 Å². The summed E-state index contributed by atoms with van der Waals surface area (Å²) in [6.07, 6.45) is -4.23. The molecule has 0 aliphatic heterocycles. The third-order valence-corrected chi connectivity index (χ3v) is 6.75. The molecule has 0 spiro atoms. The van der Waals surface area contributed by atoms with E-state index >= 15 is 0 Å². The van der Waals surface area contributed by atoms with Gasteiger partial charge < -0.3 is 0 Å². The van der Waals surface area contributed by atoms with Gasteiger partial charge in [-0.05, 0) is 44.2 Å². The van der Waals surface area contributed by atoms with E-state index in [0.29, 0.717) is 19.5 Å². The second kappa shape index (κ2) is 11.4. The van der Waals surface area contributed by atoms with E-state index in [-0.39, 0.29) is 5.92 Å². The van der Waals surface area contributed by atoms with E-state index in [1.165, 1.54) is 0 Å². The lowest BCUT2D eigenvalue weighted by atomic mass is 9.94. The fourth-order valence-corrected chi connectivity index (χ4v) is 4.44. The molecule has 0 saturated heterocycles. The molecule has 0 radical (unpaired) electrons. The van der Waals surface area contributed by atoms with Crippen LogP contribution in [0.15, 0.2) is 60.7 Å². The Balaban J connectivity index is 2.49. The minimum atomic E-state index is -4.55. The predicted molar refractivity (Wildman–Crippen MR) is 126 cm³/mol. The summed E-state index contributed by atoms with van der Waals surface area (Å²) in [6, 6.07) is 16.2. The van der Waals surface area contributed by atoms with E-state index in [1.54, 1.807) is 20.8 Å². The van der Waals surface area contributed by atoms with Crippen molar-refractivity contribution in [3.05, 3.63) is 71.8 Å². The maximum atomic E-state index is 14.4. The molecule has 0 bridgehead atoms. The topological polar surface area (TPSA) is 32.3 Å². The highest BCUT2D eigenvalue weighted by molar-refractivity contribution is 7.84. The van der Waals surface area contributed by atoms with Crippen LogP contribution in [0.5, 0.6) is 0 Å². The number of hydrogen-bond acceptors (Lipinski definition) is 2. The van der Waals surface area contributed by atoms with Crippen molar-refractivity contribution in [1.82, 2.24) is 9.62 Å². The zero-order valence-electron chi connectivity index (χ0n) is 19.5. The molecule has 0 saturated carbocycles. The average molecular weight is 469 g/mol. The summed E-state index contributed by atoms with van der Waals surface area (Å²) in [6.45, 7) is 9.59. The highest BCUT2D eigenvalue weighted by atomic mass is 32.2. The quantitative estimate of drug-likeness (QED) is 0.458. The van der Waals surface area contributed by atoms with Crippen LogP contribution in [0.2, 0.25) is 0 Å². The van der Waals surface area contributed by atoms with E-state index in [2.05, 4.69) is 4.72 Å². The van der Waals surface area contributed by atoms with Crippen LogP contribution in [0.25, 0.3) is 0 Å². The zero-order chi connectivity index (χ0) is 23.9. The van der Waals surface area contributed by atoms with Crippen molar-refractivity contribution < 1.29 is 17.4 Å². The molecule has 1 N–H and O–H groups in total. The number of halogens is 3. The zero-order valence-corrected chi connectivity index (χ0v) is 20.3. The highest BCUT2D eigenvalue weighted by Crippen LogP contribution is 2.31. The Labute approximate surface area is 193 Å². The van der Waals surface area contributed by atoms with E-state index in [9.17, 15) is 17.4 Å². The summed E-state index contributed by atoms with van der Waals surface area (Å²) in [5.74, 6) is 0.0313. The second-order valence-corrected chi connectivity index (χ2v) is 11.6. The van der Waals surface area contributed by atoms with Crippen molar-refractivity contribution in [3.8, 4) is 0 Å². The number of nitrogens with zero attached hydrogens (tertiary/aromatic N) is 1. The van der Waals surface area contributed by atoms with Crippen LogP contribution in [0.1, 0.15) is 52.2 Å². The third kappa shape index (κ3) is 8.34. The van der Waals surface area contributed by atoms with Gasteiger partial charge in [-0.15, -0.1) is 0 Å². The van der Waals surface area contributed by atoms with Crippen LogP contribution in [-0.4, -0.2) is 32.1 Å². The SMILES string of the molecule is CC(C)C[C@@H]([C@H](N[S@](=O)C(C)(C)C)C(F)(F)F)N(Cc1ccccc1)Cc1ccccc1. The van der Waals surface area contributed by atoms with Crippen LogP contribution in [0.4, 0.5) is 13.2 Å². The average Bonchev–Trinajstić information content (AvgIpc) is 2.69. The minimum absolute atomic E-state index is 0.0313. The number of rotatable bonds is 10. The number of hydrogen-bond donors (Lipinski definition) is 1. The first-order chi connectivity index (χ1) is 14.9. The Morgan fingerprint density at radius 2 is 1.31 bits per heavy atom. The van der Waals surface area contributed by atoms with Gasteiger partial charge in [0.25, 0.3) is 0 Å². The van der Waals surface area contributed by atoms with Crippen LogP contribution in [0.3, 0.4) is 0 Å². The Bertz CT molecular complexity index is 794. The van der Waals surface area contributed by atoms with Crippen molar-refractivity contribution in [2.45, 2.75) is 77.1 Å². The standard InChI is InChI=1S/C25H35F3N2OS/c1-19(2)16-22(23(25(26,27)28)29-32(31)24(3,4)5)30(17-20-12-8-6-9-13-20)18-21-14-10-7-11-15-21/h6-15,19,22-23,29H,16-18H2,1-5H3/t22-,23-,32+/m0/s1. The summed E-state index contributed by atoms with van der Waals surface area (Å²) in [5.41, 5.74) is 1.88. The molecule has 3 nitrogen and oxygen atoms in total. The minimum Gasteiger partial charge on any atom is -0.290 e. The van der Waals surface area contributed by atoms with Crippen molar-refractivity contribution >= 4 is 11.0 Å². The molecule has 0 aromatic heterocycles. The largest absolute Gasteiger partial charge is 0.406 e. The maximum absolute atomic E-state index is 14.4. The van der Waals surface area contributed by atoms with Gasteiger partial charge in [-0.2, -0.15) is 13.2 Å². The van der Waals surface area contributed by atoms with E-state index < -0.39 is 34.0 Å². The van der Waals surface area contributed by atoms with E-state index in [0.717, 1.165) is 11.1 Å². The van der Waals surface area contributed by atoms with Crippen LogP contribution < -0.4 is 4.72 Å². The van der Waals surface area contributed by atoms with E-state index in [1.807, 2.05) is 79.4 Å². The Morgan fingerprint density at radius 3 is 1.66 bits per heavy atom. The fourth-order valence-electron chi connectivity index (χ4n) is 3.56. The Morgan fingerprint density at radius 1 is 0.875 bits per heavy atom. The second-order valence-electron chi connectivity index (χ2n) is 9.59. The number of alkyl halides is 3. The van der Waals surface area contributed by atoms with Gasteiger partial charge in [-0.1, -0.05) is 74.5 Å². The summed E-state index contributed by atoms with van der Waals surface area (Å²) in [4.78, 5) is 1.87. The van der Waals surface area contributed by atoms with Crippen LogP contribution in [0, 0.1) is 5.92 Å². The van der Waals surface area contributed by atoms with Crippen molar-refractivity contribution in [3.63, 3.8) is 0 Å². The fraction of sp³-hybridized carbons (Fsp3) is 0.520. The molecule has 0 amide bonds. The lowest BCUT2D eigenvalue weighted by Crippen LogP contribution is -2.59. The Hall–Kier alpha value is -1.70. The van der Waals surface area contributed by atoms with Gasteiger partial charge in [0.2, 0.25) is 0 Å². The number of benzene rings is 2. The first-order valence-corrected chi connectivity index (χ1v) is 12.1. The van der Waals surface area contributed by atoms with Crippen molar-refractivity contribution in [1.29, 1.82) is 0 Å². The third-order valence-electron chi connectivity index (χ3n) is 5.17. The number of nitrogens with one attached hydrogen (secondary N) is 1. The lowest BCUT2D eigenvalue weighted by Gasteiger charge is -2.40. The molecular formula is C25H35F3N2OS. The maximum Gasteiger partial charge on any atom is 0.406 e. The molecule has 2 rings (SSSR count). The monoisotopic (exact) mass is 468 g/mol. The van der Waals surface area contributed by atoms with Crippen LogP contribution >= 0.6 is 0 Å². The van der Waals surface area contributed by atoms with Gasteiger partial charge in [-0.3, -0.25) is 4.90 Å². The molecule has 7 heteroatoms. The summed E-state index contributed by atoms with van der Waals surface area (Å²) in [7, 11) is -1.86. The summed E-state index contributed by atoms with van der Waals surface area (Å²) < 4.78 is 57.5. The van der Waals surface area contributed by atoms with Gasteiger partial charge in [-0.25, -0.2) is 8.93 Å². The van der Waals surface area contributed by atoms with Crippen molar-refractivity contribution in [2.24, 2.45) is 5.92 Å². The molecule has 0 aliphatic rings. The molecule has 0 unspecified atom stereocenters. The van der Waals surface area contributed by atoms with Gasteiger partial charge >= 0.3 is 6.18 Å². The first-order valence-electron chi connectivity index (χ1n) is 10.9. The molecule has 32 heavy (non-hydrogen) atoms. The molecule has 2 aromatic carbocycles. The Kier molecular flexibility index (Phi) is 9.49. The molecule has 0 aliphatic carbocycles. The molecule has 2 aromatic rings. The summed E-state index contributed by atoms with van der Waals surface area (Å²) >= 11 is 0. The van der Waals surface area contributed by atoms with Crippen LogP contribution in [-0.2, 0) is 24.1 Å². The van der Waals surface area contributed by atoms with Crippen molar-refractivity contribution in [2.75, 3.05) is 0 Å². The highest BCUT2D eigenvalue weighted by Gasteiger charge is 2.48. The normalized spacial score (nSPS) is 15.7. The lowest BCUT2D eigenvalue weighted by molar-refractivity contribution is -0.168. The predicted octanol–water partition coefficient (Wildman–Crippen LogP) is 6.09. The molecule has 178 valence electrons. The molecule has 0 heterocycles. The molecule has 0 fully saturated rings. The smallest absolute Gasteiger partial charge is 0.290 e. The van der Waals surface area contributed by atoms with Gasteiger partial charge in [0, 0.05) is 19.1 Å². The van der Waals surface area contributed by atoms with Gasteiger partial charge in [0.05, 0.1) is 15.7 Å². The molecule has 3 atom stereocenters. The molecular weight excluding hydrogens is 433 g/mol.